The highest BCUT2D eigenvalue weighted by Gasteiger charge is 2.48. The molecule has 2 aliphatic rings. The molecule has 0 aromatic heterocycles. The third-order valence-electron chi connectivity index (χ3n) is 5.01. The zero-order valence-corrected chi connectivity index (χ0v) is 13.8. The first kappa shape index (κ1) is 15.0. The maximum Gasteiger partial charge on any atom is 0.243 e. The molecular weight excluding hydrogens is 284 g/mol. The van der Waals surface area contributed by atoms with Gasteiger partial charge in [0.25, 0.3) is 0 Å². The summed E-state index contributed by atoms with van der Waals surface area (Å²) < 4.78 is 27.9. The zero-order valence-electron chi connectivity index (χ0n) is 13.0. The fourth-order valence-corrected chi connectivity index (χ4v) is 5.99. The number of fused-ring (bicyclic) bond motifs is 1. The molecule has 1 aromatic rings. The molecule has 0 radical (unpaired) electrons. The van der Waals surface area contributed by atoms with Crippen molar-refractivity contribution in [2.75, 3.05) is 19.6 Å². The molecule has 0 bridgehead atoms. The monoisotopic (exact) mass is 308 g/mol. The number of hydrogen-bond acceptors (Lipinski definition) is 3. The summed E-state index contributed by atoms with van der Waals surface area (Å²) >= 11 is 0. The van der Waals surface area contributed by atoms with E-state index in [0.717, 1.165) is 30.6 Å². The summed E-state index contributed by atoms with van der Waals surface area (Å²) in [7, 11) is -3.38. The van der Waals surface area contributed by atoms with Crippen LogP contribution >= 0.6 is 0 Å². The van der Waals surface area contributed by atoms with Crippen molar-refractivity contribution in [2.24, 2.45) is 11.8 Å². The number of sulfonamides is 1. The molecule has 1 N–H and O–H groups in total. The summed E-state index contributed by atoms with van der Waals surface area (Å²) in [6, 6.07) is 5.74. The number of nitrogens with one attached hydrogen (secondary N) is 1. The van der Waals surface area contributed by atoms with Gasteiger partial charge < -0.3 is 5.32 Å². The first-order valence-electron chi connectivity index (χ1n) is 7.75. The number of benzene rings is 1. The van der Waals surface area contributed by atoms with Crippen LogP contribution in [0, 0.1) is 25.7 Å². The fraction of sp³-hybridized carbons (Fsp3) is 0.625. The number of aryl methyl sites for hydroxylation is 2. The largest absolute Gasteiger partial charge is 0.316 e. The van der Waals surface area contributed by atoms with Crippen LogP contribution in [0.15, 0.2) is 23.1 Å². The molecule has 0 aliphatic carbocycles. The van der Waals surface area contributed by atoms with Gasteiger partial charge in [0.05, 0.1) is 4.90 Å². The first-order valence-corrected chi connectivity index (χ1v) is 9.19. The molecule has 21 heavy (non-hydrogen) atoms. The minimum Gasteiger partial charge on any atom is -0.316 e. The third kappa shape index (κ3) is 2.41. The summed E-state index contributed by atoms with van der Waals surface area (Å²) in [6.07, 6.45) is 0.882. The summed E-state index contributed by atoms with van der Waals surface area (Å²) in [4.78, 5) is 0.472. The molecule has 3 unspecified atom stereocenters. The van der Waals surface area contributed by atoms with Gasteiger partial charge in [0.1, 0.15) is 0 Å². The molecule has 0 amide bonds. The minimum absolute atomic E-state index is 0.135. The molecule has 3 atom stereocenters. The SMILES string of the molecule is CCC1C2CNCC2CN1S(=O)(=O)c1ccc(C)cc1C. The average Bonchev–Trinajstić information content (AvgIpc) is 2.97. The highest BCUT2D eigenvalue weighted by Crippen LogP contribution is 2.38. The van der Waals surface area contributed by atoms with Crippen molar-refractivity contribution in [3.63, 3.8) is 0 Å². The lowest BCUT2D eigenvalue weighted by Gasteiger charge is -2.27. The number of hydrogen-bond donors (Lipinski definition) is 1. The van der Waals surface area contributed by atoms with Crippen molar-refractivity contribution in [1.29, 1.82) is 0 Å². The summed E-state index contributed by atoms with van der Waals surface area (Å²) in [5.74, 6) is 0.936. The second-order valence-corrected chi connectivity index (χ2v) is 8.26. The third-order valence-corrected chi connectivity index (χ3v) is 7.06. The van der Waals surface area contributed by atoms with Gasteiger partial charge in [-0.2, -0.15) is 4.31 Å². The summed E-state index contributed by atoms with van der Waals surface area (Å²) in [6.45, 7) is 8.52. The van der Waals surface area contributed by atoms with Crippen LogP contribution in [0.25, 0.3) is 0 Å². The molecule has 2 fully saturated rings. The van der Waals surface area contributed by atoms with E-state index in [9.17, 15) is 8.42 Å². The van der Waals surface area contributed by atoms with Gasteiger partial charge in [0.15, 0.2) is 0 Å². The lowest BCUT2D eigenvalue weighted by Crippen LogP contribution is -2.39. The van der Waals surface area contributed by atoms with Gasteiger partial charge in [0.2, 0.25) is 10.0 Å². The Labute approximate surface area is 127 Å². The van der Waals surface area contributed by atoms with Crippen LogP contribution in [0.1, 0.15) is 24.5 Å². The average molecular weight is 308 g/mol. The van der Waals surface area contributed by atoms with Gasteiger partial charge in [0, 0.05) is 12.6 Å². The van der Waals surface area contributed by atoms with Gasteiger partial charge in [-0.15, -0.1) is 0 Å². The van der Waals surface area contributed by atoms with Crippen LogP contribution in [0.2, 0.25) is 0 Å². The highest BCUT2D eigenvalue weighted by atomic mass is 32.2. The molecular formula is C16H24N2O2S. The summed E-state index contributed by atoms with van der Waals surface area (Å²) in [5, 5.41) is 3.40. The Morgan fingerprint density at radius 2 is 2.05 bits per heavy atom. The number of rotatable bonds is 3. The molecule has 4 nitrogen and oxygen atoms in total. The topological polar surface area (TPSA) is 49.4 Å². The Morgan fingerprint density at radius 3 is 2.71 bits per heavy atom. The van der Waals surface area contributed by atoms with E-state index in [1.165, 1.54) is 0 Å². The lowest BCUT2D eigenvalue weighted by atomic mass is 9.93. The van der Waals surface area contributed by atoms with Gasteiger partial charge in [-0.1, -0.05) is 24.6 Å². The Balaban J connectivity index is 1.98. The van der Waals surface area contributed by atoms with Crippen LogP contribution in [0.3, 0.4) is 0 Å². The van der Waals surface area contributed by atoms with Gasteiger partial charge in [-0.05, 0) is 56.8 Å². The quantitative estimate of drug-likeness (QED) is 0.928. The van der Waals surface area contributed by atoms with E-state index in [1.807, 2.05) is 26.0 Å². The standard InChI is InChI=1S/C16H24N2O2S/c1-4-15-14-9-17-8-13(14)10-18(15)21(19,20)16-6-5-11(2)7-12(16)3/h5-7,13-15,17H,4,8-10H2,1-3H3. The normalized spacial score (nSPS) is 29.8. The van der Waals surface area contributed by atoms with E-state index in [2.05, 4.69) is 12.2 Å². The van der Waals surface area contributed by atoms with E-state index in [4.69, 9.17) is 0 Å². The second kappa shape index (κ2) is 5.38. The molecule has 2 heterocycles. The number of nitrogens with zero attached hydrogens (tertiary/aromatic N) is 1. The van der Waals surface area contributed by atoms with Gasteiger partial charge in [-0.3, -0.25) is 0 Å². The van der Waals surface area contributed by atoms with E-state index in [0.29, 0.717) is 23.3 Å². The minimum atomic E-state index is -3.38. The van der Waals surface area contributed by atoms with Gasteiger partial charge >= 0.3 is 0 Å². The first-order chi connectivity index (χ1) is 9.95. The van der Waals surface area contributed by atoms with Crippen molar-refractivity contribution in [3.8, 4) is 0 Å². The Morgan fingerprint density at radius 1 is 1.29 bits per heavy atom. The predicted molar refractivity (Wildman–Crippen MR) is 83.7 cm³/mol. The van der Waals surface area contributed by atoms with Crippen molar-refractivity contribution in [3.05, 3.63) is 29.3 Å². The molecule has 0 saturated carbocycles. The van der Waals surface area contributed by atoms with E-state index < -0.39 is 10.0 Å². The van der Waals surface area contributed by atoms with Gasteiger partial charge in [-0.25, -0.2) is 8.42 Å². The lowest BCUT2D eigenvalue weighted by molar-refractivity contribution is 0.329. The van der Waals surface area contributed by atoms with Crippen LogP contribution in [-0.4, -0.2) is 38.4 Å². The molecule has 5 heteroatoms. The maximum atomic E-state index is 13.1. The second-order valence-electron chi connectivity index (χ2n) is 6.40. The van der Waals surface area contributed by atoms with Crippen LogP contribution in [0.4, 0.5) is 0 Å². The van der Waals surface area contributed by atoms with E-state index >= 15 is 0 Å². The predicted octanol–water partition coefficient (Wildman–Crippen LogP) is 1.92. The van der Waals surface area contributed by atoms with E-state index in [1.54, 1.807) is 10.4 Å². The molecule has 2 aliphatic heterocycles. The molecule has 0 spiro atoms. The van der Waals surface area contributed by atoms with Crippen molar-refractivity contribution < 1.29 is 8.42 Å². The highest BCUT2D eigenvalue weighted by molar-refractivity contribution is 7.89. The summed E-state index contributed by atoms with van der Waals surface area (Å²) in [5.41, 5.74) is 1.95. The van der Waals surface area contributed by atoms with E-state index in [-0.39, 0.29) is 6.04 Å². The van der Waals surface area contributed by atoms with Crippen molar-refractivity contribution in [1.82, 2.24) is 9.62 Å². The fourth-order valence-electron chi connectivity index (χ4n) is 3.98. The molecule has 1 aromatic carbocycles. The molecule has 3 rings (SSSR count). The molecule has 2 saturated heterocycles. The van der Waals surface area contributed by atoms with Crippen molar-refractivity contribution in [2.45, 2.75) is 38.1 Å². The van der Waals surface area contributed by atoms with Crippen molar-refractivity contribution >= 4 is 10.0 Å². The molecule has 116 valence electrons. The Kier molecular flexibility index (Phi) is 3.84. The Hall–Kier alpha value is -0.910. The van der Waals surface area contributed by atoms with Crippen LogP contribution < -0.4 is 5.32 Å². The maximum absolute atomic E-state index is 13.1. The van der Waals surface area contributed by atoms with Crippen LogP contribution in [0.5, 0.6) is 0 Å². The smallest absolute Gasteiger partial charge is 0.243 e. The van der Waals surface area contributed by atoms with Crippen LogP contribution in [-0.2, 0) is 10.0 Å². The Bertz CT molecular complexity index is 642. The zero-order chi connectivity index (χ0) is 15.2.